The van der Waals surface area contributed by atoms with Crippen molar-refractivity contribution in [3.63, 3.8) is 0 Å². The van der Waals surface area contributed by atoms with Crippen molar-refractivity contribution in [1.82, 2.24) is 15.0 Å². The SMILES string of the molecule is CC1(C)CCN(c2c(-c3ccc4c(c3)CCN(c3ncnc5c3oc3ccccc35)C4)c(C=O)nc(Cl)c2C(OC(C)(C)C)C(=O)O)CC1. The number of aliphatic carboxylic acids is 1. The van der Waals surface area contributed by atoms with E-state index in [0.29, 0.717) is 49.3 Å². The fourth-order valence-electron chi connectivity index (χ4n) is 7.05. The molecule has 0 amide bonds. The number of piperidine rings is 1. The van der Waals surface area contributed by atoms with E-state index in [1.165, 1.54) is 0 Å². The van der Waals surface area contributed by atoms with E-state index in [9.17, 15) is 14.7 Å². The summed E-state index contributed by atoms with van der Waals surface area (Å²) in [7, 11) is 0. The Labute approximate surface area is 290 Å². The summed E-state index contributed by atoms with van der Waals surface area (Å²) in [6.45, 7) is 12.5. The smallest absolute Gasteiger partial charge is 0.337 e. The van der Waals surface area contributed by atoms with Gasteiger partial charge in [0.2, 0.25) is 0 Å². The first-order valence-corrected chi connectivity index (χ1v) is 17.0. The van der Waals surface area contributed by atoms with Crippen molar-refractivity contribution in [3.8, 4) is 11.1 Å². The second-order valence-electron chi connectivity index (χ2n) is 14.8. The molecule has 0 saturated carbocycles. The number of anilines is 2. The van der Waals surface area contributed by atoms with Gasteiger partial charge >= 0.3 is 5.97 Å². The average molecular weight is 682 g/mol. The number of benzene rings is 2. The van der Waals surface area contributed by atoms with Crippen molar-refractivity contribution in [1.29, 1.82) is 0 Å². The minimum absolute atomic E-state index is 0.0438. The maximum absolute atomic E-state index is 12.8. The van der Waals surface area contributed by atoms with Crippen LogP contribution in [0.25, 0.3) is 33.2 Å². The monoisotopic (exact) mass is 681 g/mol. The Hall–Kier alpha value is -4.54. The predicted octanol–water partition coefficient (Wildman–Crippen LogP) is 8.03. The van der Waals surface area contributed by atoms with Crippen LogP contribution < -0.4 is 9.80 Å². The number of para-hydroxylation sites is 1. The lowest BCUT2D eigenvalue weighted by molar-refractivity contribution is -0.160. The first kappa shape index (κ1) is 33.0. The van der Waals surface area contributed by atoms with Crippen LogP contribution in [0, 0.1) is 5.41 Å². The number of pyridine rings is 1. The summed E-state index contributed by atoms with van der Waals surface area (Å²) in [5.74, 6) is -0.421. The van der Waals surface area contributed by atoms with Crippen LogP contribution in [-0.4, -0.2) is 57.5 Å². The van der Waals surface area contributed by atoms with Gasteiger partial charge in [0, 0.05) is 37.1 Å². The minimum Gasteiger partial charge on any atom is -0.479 e. The molecule has 0 bridgehead atoms. The molecule has 1 saturated heterocycles. The third-order valence-corrected chi connectivity index (χ3v) is 9.93. The number of furan rings is 1. The van der Waals surface area contributed by atoms with Gasteiger partial charge in [-0.2, -0.15) is 0 Å². The molecule has 0 aliphatic carbocycles. The van der Waals surface area contributed by atoms with Crippen LogP contribution in [0.3, 0.4) is 0 Å². The van der Waals surface area contributed by atoms with Gasteiger partial charge in [-0.3, -0.25) is 4.79 Å². The topological polar surface area (TPSA) is 122 Å². The first-order valence-electron chi connectivity index (χ1n) is 16.7. The zero-order valence-corrected chi connectivity index (χ0v) is 29.2. The number of aldehydes is 1. The third-order valence-electron chi connectivity index (χ3n) is 9.64. The molecule has 2 aromatic carbocycles. The number of fused-ring (bicyclic) bond motifs is 4. The zero-order chi connectivity index (χ0) is 34.7. The molecule has 49 heavy (non-hydrogen) atoms. The van der Waals surface area contributed by atoms with E-state index in [1.54, 1.807) is 6.33 Å². The summed E-state index contributed by atoms with van der Waals surface area (Å²) in [5, 5.41) is 11.4. The van der Waals surface area contributed by atoms with Crippen LogP contribution in [0.15, 0.2) is 53.2 Å². The van der Waals surface area contributed by atoms with Crippen LogP contribution in [0.4, 0.5) is 11.5 Å². The Balaban J connectivity index is 1.32. The molecule has 2 aliphatic rings. The Kier molecular flexibility index (Phi) is 8.35. The maximum atomic E-state index is 12.8. The summed E-state index contributed by atoms with van der Waals surface area (Å²) < 4.78 is 12.4. The molecule has 7 rings (SSSR count). The second kappa shape index (κ2) is 12.4. The zero-order valence-electron chi connectivity index (χ0n) is 28.4. The number of carbonyl (C=O) groups is 2. The normalized spacial score (nSPS) is 16.9. The summed E-state index contributed by atoms with van der Waals surface area (Å²) in [4.78, 5) is 43.5. The van der Waals surface area contributed by atoms with Crippen molar-refractivity contribution in [3.05, 3.63) is 76.3 Å². The van der Waals surface area contributed by atoms with E-state index in [2.05, 4.69) is 50.7 Å². The fraction of sp³-hybridized carbons (Fsp3) is 0.395. The molecule has 5 aromatic rings. The number of rotatable bonds is 7. The largest absolute Gasteiger partial charge is 0.479 e. The molecule has 1 unspecified atom stereocenters. The van der Waals surface area contributed by atoms with Gasteiger partial charge < -0.3 is 24.1 Å². The third kappa shape index (κ3) is 6.24. The van der Waals surface area contributed by atoms with Crippen molar-refractivity contribution in [2.45, 2.75) is 72.1 Å². The summed E-state index contributed by atoms with van der Waals surface area (Å²) in [6.07, 6.45) is 3.40. The second-order valence-corrected chi connectivity index (χ2v) is 15.1. The minimum atomic E-state index is -1.39. The highest BCUT2D eigenvalue weighted by atomic mass is 35.5. The van der Waals surface area contributed by atoms with Gasteiger partial charge in [-0.15, -0.1) is 0 Å². The van der Waals surface area contributed by atoms with Crippen molar-refractivity contribution >= 4 is 57.4 Å². The maximum Gasteiger partial charge on any atom is 0.337 e. The van der Waals surface area contributed by atoms with Gasteiger partial charge in [0.25, 0.3) is 0 Å². The lowest BCUT2D eigenvalue weighted by atomic mass is 9.82. The number of carboxylic acids is 1. The average Bonchev–Trinajstić information content (AvgIpc) is 3.45. The molecule has 5 heterocycles. The van der Waals surface area contributed by atoms with E-state index >= 15 is 0 Å². The highest BCUT2D eigenvalue weighted by Gasteiger charge is 2.38. The number of hydrogen-bond donors (Lipinski definition) is 1. The summed E-state index contributed by atoms with van der Waals surface area (Å²) >= 11 is 6.81. The van der Waals surface area contributed by atoms with Gasteiger partial charge in [0.05, 0.1) is 16.9 Å². The molecule has 0 spiro atoms. The van der Waals surface area contributed by atoms with Crippen LogP contribution in [0.2, 0.25) is 5.15 Å². The lowest BCUT2D eigenvalue weighted by Gasteiger charge is -2.41. The molecular formula is C38H40ClN5O5. The Morgan fingerprint density at radius 2 is 1.82 bits per heavy atom. The highest BCUT2D eigenvalue weighted by molar-refractivity contribution is 6.31. The molecule has 10 nitrogen and oxygen atoms in total. The van der Waals surface area contributed by atoms with Crippen molar-refractivity contribution in [2.75, 3.05) is 29.4 Å². The Bertz CT molecular complexity index is 2090. The molecule has 11 heteroatoms. The van der Waals surface area contributed by atoms with Gasteiger partial charge in [0.15, 0.2) is 23.8 Å². The van der Waals surface area contributed by atoms with Crippen molar-refractivity contribution in [2.24, 2.45) is 5.41 Å². The van der Waals surface area contributed by atoms with Gasteiger partial charge in [-0.1, -0.05) is 55.8 Å². The number of aromatic nitrogens is 3. The van der Waals surface area contributed by atoms with E-state index < -0.39 is 17.7 Å². The quantitative estimate of drug-likeness (QED) is 0.133. The van der Waals surface area contributed by atoms with Crippen LogP contribution in [0.1, 0.15) is 80.7 Å². The van der Waals surface area contributed by atoms with Gasteiger partial charge in [0.1, 0.15) is 28.3 Å². The van der Waals surface area contributed by atoms with Crippen LogP contribution in [0.5, 0.6) is 0 Å². The van der Waals surface area contributed by atoms with Crippen LogP contribution in [-0.2, 0) is 22.5 Å². The Morgan fingerprint density at radius 3 is 2.53 bits per heavy atom. The number of ether oxygens (including phenoxy) is 1. The predicted molar refractivity (Wildman–Crippen MR) is 191 cm³/mol. The number of nitrogens with zero attached hydrogens (tertiary/aromatic N) is 5. The fourth-order valence-corrected chi connectivity index (χ4v) is 7.33. The van der Waals surface area contributed by atoms with Crippen LogP contribution >= 0.6 is 11.6 Å². The number of halogens is 1. The van der Waals surface area contributed by atoms with Gasteiger partial charge in [-0.05, 0) is 74.3 Å². The molecule has 254 valence electrons. The molecule has 2 aliphatic heterocycles. The molecular weight excluding hydrogens is 642 g/mol. The van der Waals surface area contributed by atoms with Gasteiger partial charge in [-0.25, -0.2) is 19.7 Å². The summed E-state index contributed by atoms with van der Waals surface area (Å²) in [5.41, 5.74) is 6.20. The lowest BCUT2D eigenvalue weighted by Crippen LogP contribution is -2.39. The number of hydrogen-bond acceptors (Lipinski definition) is 9. The van der Waals surface area contributed by atoms with E-state index in [4.69, 9.17) is 20.8 Å². The van der Waals surface area contributed by atoms with E-state index in [1.807, 2.05) is 51.1 Å². The molecule has 0 radical (unpaired) electrons. The van der Waals surface area contributed by atoms with Crippen molar-refractivity contribution < 1.29 is 23.8 Å². The first-order chi connectivity index (χ1) is 23.3. The Morgan fingerprint density at radius 1 is 1.06 bits per heavy atom. The van der Waals surface area contributed by atoms with E-state index in [-0.39, 0.29) is 21.8 Å². The molecule has 1 fully saturated rings. The summed E-state index contributed by atoms with van der Waals surface area (Å²) in [6, 6.07) is 14.0. The highest BCUT2D eigenvalue weighted by Crippen LogP contribution is 2.46. The number of carbonyl (C=O) groups excluding carboxylic acids is 1. The molecule has 1 atom stereocenters. The van der Waals surface area contributed by atoms with E-state index in [0.717, 1.165) is 58.3 Å². The number of carboxylic acid groups (broad SMARTS) is 1. The standard InChI is InChI=1S/C38H40ClN5O5/c1-37(2,3)49-32(36(46)47)29-31(43-16-13-38(4,5)14-17-43)28(26(20-45)42-34(29)39)23-10-11-24-19-44(15-12-22(24)18-23)35-33-30(40-21-41-35)25-8-6-7-9-27(25)48-33/h6-11,18,20-21,32H,12-17,19H2,1-5H3,(H,46,47). The molecule has 3 aromatic heterocycles. The molecule has 1 N–H and O–H groups in total.